The third-order valence-electron chi connectivity index (χ3n) is 12.2. The van der Waals surface area contributed by atoms with Gasteiger partial charge in [0.2, 0.25) is 0 Å². The molecule has 6 aromatic carbocycles. The second-order valence-electron chi connectivity index (χ2n) is 18.3. The van der Waals surface area contributed by atoms with E-state index in [1.165, 1.54) is 29.1 Å². The van der Waals surface area contributed by atoms with Crippen LogP contribution in [0.4, 0.5) is 31.5 Å². The summed E-state index contributed by atoms with van der Waals surface area (Å²) >= 11 is 0. The van der Waals surface area contributed by atoms with Gasteiger partial charge in [-0.05, 0) is 130 Å². The van der Waals surface area contributed by atoms with E-state index in [9.17, 15) is 0 Å². The Morgan fingerprint density at radius 2 is 1.32 bits per heavy atom. The quantitative estimate of drug-likeness (QED) is 0.138. The number of rotatable bonds is 10. The molecule has 9 rings (SSSR count). The van der Waals surface area contributed by atoms with Crippen molar-refractivity contribution < 1.29 is 13.5 Å². The van der Waals surface area contributed by atoms with Crippen LogP contribution < -0.4 is 14.5 Å². The molecule has 0 radical (unpaired) electrons. The van der Waals surface area contributed by atoms with Crippen molar-refractivity contribution in [3.8, 4) is 28.4 Å². The minimum absolute atomic E-state index is 0.0104. The first kappa shape index (κ1) is 40.9. The average molecular weight is 825 g/mol. The number of aromatic nitrogens is 2. The summed E-state index contributed by atoms with van der Waals surface area (Å²) in [6.45, 7) is 18.0. The second kappa shape index (κ2) is 16.1. The van der Waals surface area contributed by atoms with Gasteiger partial charge < -0.3 is 14.5 Å². The van der Waals surface area contributed by atoms with Crippen LogP contribution in [-0.4, -0.2) is 16.2 Å². The Labute approximate surface area is 364 Å². The van der Waals surface area contributed by atoms with Crippen molar-refractivity contribution >= 4 is 44.6 Å². The minimum Gasteiger partial charge on any atom is -0.457 e. The van der Waals surface area contributed by atoms with E-state index in [1.807, 2.05) is 18.3 Å². The van der Waals surface area contributed by atoms with Crippen LogP contribution in [0, 0.1) is 11.6 Å². The van der Waals surface area contributed by atoms with Gasteiger partial charge in [-0.25, -0.2) is 13.8 Å². The van der Waals surface area contributed by atoms with Crippen LogP contribution in [0.2, 0.25) is 0 Å². The zero-order chi connectivity index (χ0) is 43.4. The number of fused-ring (bicyclic) bond motifs is 4. The van der Waals surface area contributed by atoms with Crippen molar-refractivity contribution in [1.82, 2.24) is 9.55 Å². The number of benzene rings is 6. The molecule has 0 fully saturated rings. The van der Waals surface area contributed by atoms with E-state index < -0.39 is 11.6 Å². The molecule has 7 heteroatoms. The zero-order valence-corrected chi connectivity index (χ0v) is 36.9. The standard InChI is InChI=1S/C55H54F2N4O/c1-9-15-36-24-25-58-52(26-36)61-48-19-11-10-16-42(48)43-23-22-40(32-51(43)61)62-41-30-38(55(6,7)8)29-39(31-41)59-33-60(50-21-13-12-20-49(50)59)54-44(34(2)3)27-37(28-45(54)35(4)5)53-46(56)17-14-18-47(53)57/h10-14,16-32,34-35H,9,15,33H2,1-8H3. The topological polar surface area (TPSA) is 33.5 Å². The first-order chi connectivity index (χ1) is 29.8. The molecule has 5 nitrogen and oxygen atoms in total. The van der Waals surface area contributed by atoms with Crippen molar-refractivity contribution in [2.45, 2.75) is 85.5 Å². The lowest BCUT2D eigenvalue weighted by molar-refractivity contribution is 0.479. The number of hydrogen-bond donors (Lipinski definition) is 0. The Morgan fingerprint density at radius 3 is 2.00 bits per heavy atom. The Kier molecular flexibility index (Phi) is 10.6. The number of pyridine rings is 1. The van der Waals surface area contributed by atoms with Crippen molar-refractivity contribution in [3.05, 3.63) is 167 Å². The summed E-state index contributed by atoms with van der Waals surface area (Å²) in [5.41, 5.74) is 11.2. The fourth-order valence-electron chi connectivity index (χ4n) is 9.07. The van der Waals surface area contributed by atoms with E-state index in [1.54, 1.807) is 0 Å². The van der Waals surface area contributed by atoms with E-state index in [-0.39, 0.29) is 22.8 Å². The van der Waals surface area contributed by atoms with Gasteiger partial charge in [-0.3, -0.25) is 4.57 Å². The average Bonchev–Trinajstić information content (AvgIpc) is 3.79. The van der Waals surface area contributed by atoms with Crippen LogP contribution in [-0.2, 0) is 11.8 Å². The van der Waals surface area contributed by atoms with Crippen LogP contribution in [0.3, 0.4) is 0 Å². The summed E-state index contributed by atoms with van der Waals surface area (Å²) in [6.07, 6.45) is 3.97. The third-order valence-corrected chi connectivity index (χ3v) is 12.2. The van der Waals surface area contributed by atoms with Gasteiger partial charge in [0.05, 0.1) is 28.0 Å². The maximum atomic E-state index is 15.3. The number of aryl methyl sites for hydroxylation is 1. The van der Waals surface area contributed by atoms with Gasteiger partial charge in [0.1, 0.15) is 35.6 Å². The molecule has 0 atom stereocenters. The largest absolute Gasteiger partial charge is 0.457 e. The van der Waals surface area contributed by atoms with Gasteiger partial charge in [-0.15, -0.1) is 0 Å². The Morgan fingerprint density at radius 1 is 0.661 bits per heavy atom. The maximum absolute atomic E-state index is 15.3. The van der Waals surface area contributed by atoms with E-state index >= 15 is 8.78 Å². The molecule has 314 valence electrons. The van der Waals surface area contributed by atoms with Crippen LogP contribution in [0.1, 0.15) is 95.9 Å². The lowest BCUT2D eigenvalue weighted by atomic mass is 9.86. The summed E-state index contributed by atoms with van der Waals surface area (Å²) < 4.78 is 39.7. The van der Waals surface area contributed by atoms with Crippen molar-refractivity contribution in [3.63, 3.8) is 0 Å². The van der Waals surface area contributed by atoms with Gasteiger partial charge >= 0.3 is 0 Å². The van der Waals surface area contributed by atoms with E-state index in [0.717, 1.165) is 86.0 Å². The van der Waals surface area contributed by atoms with Crippen LogP contribution in [0.5, 0.6) is 11.5 Å². The van der Waals surface area contributed by atoms with Gasteiger partial charge in [-0.2, -0.15) is 0 Å². The SMILES string of the molecule is CCCc1ccnc(-n2c3ccccc3c3ccc(Oc4cc(N5CN(c6c(C(C)C)cc(-c7c(F)cccc7F)cc6C(C)C)c6ccccc65)cc(C(C)(C)C)c4)cc32)c1. The second-order valence-corrected chi connectivity index (χ2v) is 18.3. The molecule has 62 heavy (non-hydrogen) atoms. The smallest absolute Gasteiger partial charge is 0.137 e. The summed E-state index contributed by atoms with van der Waals surface area (Å²) in [6, 6.07) is 42.3. The molecule has 8 aromatic rings. The van der Waals surface area contributed by atoms with Gasteiger partial charge in [0.15, 0.2) is 0 Å². The predicted molar refractivity (Wildman–Crippen MR) is 253 cm³/mol. The molecular formula is C55H54F2N4O. The number of nitrogens with zero attached hydrogens (tertiary/aromatic N) is 4. The van der Waals surface area contributed by atoms with E-state index in [4.69, 9.17) is 9.72 Å². The molecule has 0 saturated heterocycles. The number of hydrogen-bond acceptors (Lipinski definition) is 4. The summed E-state index contributed by atoms with van der Waals surface area (Å²) in [4.78, 5) is 9.59. The highest BCUT2D eigenvalue weighted by atomic mass is 19.1. The molecule has 0 bridgehead atoms. The molecule has 0 spiro atoms. The summed E-state index contributed by atoms with van der Waals surface area (Å²) in [7, 11) is 0. The monoisotopic (exact) mass is 824 g/mol. The predicted octanol–water partition coefficient (Wildman–Crippen LogP) is 15.7. The first-order valence-corrected chi connectivity index (χ1v) is 21.9. The molecule has 0 aliphatic carbocycles. The zero-order valence-electron chi connectivity index (χ0n) is 36.9. The molecule has 0 amide bonds. The van der Waals surface area contributed by atoms with Crippen LogP contribution in [0.15, 0.2) is 134 Å². The molecule has 2 aromatic heterocycles. The number of halogens is 2. The van der Waals surface area contributed by atoms with Crippen molar-refractivity contribution in [1.29, 1.82) is 0 Å². The fraction of sp³-hybridized carbons (Fsp3) is 0.255. The van der Waals surface area contributed by atoms with Crippen molar-refractivity contribution in [2.75, 3.05) is 16.5 Å². The number of anilines is 4. The van der Waals surface area contributed by atoms with Gasteiger partial charge in [0.25, 0.3) is 0 Å². The highest BCUT2D eigenvalue weighted by molar-refractivity contribution is 6.09. The molecule has 0 unspecified atom stereocenters. The van der Waals surface area contributed by atoms with Gasteiger partial charge in [-0.1, -0.05) is 98.2 Å². The van der Waals surface area contributed by atoms with Crippen molar-refractivity contribution in [2.24, 2.45) is 0 Å². The van der Waals surface area contributed by atoms with Crippen LogP contribution >= 0.6 is 0 Å². The lowest BCUT2D eigenvalue weighted by Gasteiger charge is -2.30. The highest BCUT2D eigenvalue weighted by Gasteiger charge is 2.33. The van der Waals surface area contributed by atoms with E-state index in [2.05, 4.69) is 167 Å². The first-order valence-electron chi connectivity index (χ1n) is 21.9. The maximum Gasteiger partial charge on any atom is 0.137 e. The lowest BCUT2D eigenvalue weighted by Crippen LogP contribution is -2.26. The summed E-state index contributed by atoms with van der Waals surface area (Å²) in [5, 5.41) is 2.31. The Hall–Kier alpha value is -6.47. The number of para-hydroxylation sites is 3. The molecule has 0 saturated carbocycles. The minimum atomic E-state index is -0.562. The molecule has 0 N–H and O–H groups in total. The molecule has 3 heterocycles. The third kappa shape index (κ3) is 7.37. The highest BCUT2D eigenvalue weighted by Crippen LogP contribution is 2.50. The molecule has 1 aliphatic rings. The number of ether oxygens (including phenoxy) is 1. The Balaban J connectivity index is 1.15. The van der Waals surface area contributed by atoms with Crippen LogP contribution in [0.25, 0.3) is 38.8 Å². The summed E-state index contributed by atoms with van der Waals surface area (Å²) in [5.74, 6) is 1.41. The molecule has 1 aliphatic heterocycles. The van der Waals surface area contributed by atoms with Gasteiger partial charge in [0, 0.05) is 40.5 Å². The Bertz CT molecular complexity index is 2930. The molecular weight excluding hydrogens is 771 g/mol. The fourth-order valence-corrected chi connectivity index (χ4v) is 9.07. The van der Waals surface area contributed by atoms with E-state index in [0.29, 0.717) is 12.2 Å². The normalized spacial score (nSPS) is 13.0.